The fraction of sp³-hybridized carbons (Fsp3) is 0.0870. The summed E-state index contributed by atoms with van der Waals surface area (Å²) in [5.74, 6) is -0.342. The van der Waals surface area contributed by atoms with E-state index in [4.69, 9.17) is 27.9 Å². The summed E-state index contributed by atoms with van der Waals surface area (Å²) in [5, 5.41) is 7.53. The zero-order valence-corrected chi connectivity index (χ0v) is 18.1. The molecule has 0 aliphatic carbocycles. The summed E-state index contributed by atoms with van der Waals surface area (Å²) in [6.07, 6.45) is 1.40. The fourth-order valence-corrected chi connectivity index (χ4v) is 2.94. The Morgan fingerprint density at radius 2 is 1.77 bits per heavy atom. The second-order valence-electron chi connectivity index (χ2n) is 6.56. The average Bonchev–Trinajstić information content (AvgIpc) is 2.75. The van der Waals surface area contributed by atoms with Crippen molar-refractivity contribution in [3.63, 3.8) is 0 Å². The van der Waals surface area contributed by atoms with Gasteiger partial charge in [-0.15, -0.1) is 0 Å². The van der Waals surface area contributed by atoms with E-state index in [-0.39, 0.29) is 18.4 Å². The van der Waals surface area contributed by atoms with Crippen LogP contribution in [0.1, 0.15) is 21.5 Å². The molecule has 0 atom stereocenters. The Kier molecular flexibility index (Phi) is 7.65. The number of hydrazone groups is 1. The van der Waals surface area contributed by atoms with Crippen LogP contribution in [-0.2, 0) is 4.79 Å². The van der Waals surface area contributed by atoms with Gasteiger partial charge in [-0.05, 0) is 49.4 Å². The van der Waals surface area contributed by atoms with Crippen molar-refractivity contribution in [2.24, 2.45) is 5.10 Å². The lowest BCUT2D eigenvalue weighted by molar-refractivity contribution is -0.118. The maximum Gasteiger partial charge on any atom is 0.271 e. The summed E-state index contributed by atoms with van der Waals surface area (Å²) in [5.41, 5.74) is 4.99. The van der Waals surface area contributed by atoms with Crippen molar-refractivity contribution in [1.82, 2.24) is 5.43 Å². The molecule has 0 aliphatic rings. The molecule has 0 spiro atoms. The van der Waals surface area contributed by atoms with Gasteiger partial charge in [0.25, 0.3) is 11.8 Å². The number of amides is 2. The van der Waals surface area contributed by atoms with Crippen molar-refractivity contribution < 1.29 is 14.3 Å². The molecule has 0 saturated heterocycles. The highest BCUT2D eigenvalue weighted by atomic mass is 35.5. The van der Waals surface area contributed by atoms with Crippen LogP contribution in [0.25, 0.3) is 0 Å². The number of anilines is 1. The van der Waals surface area contributed by atoms with Gasteiger partial charge in [0.05, 0.1) is 16.9 Å². The first-order valence-corrected chi connectivity index (χ1v) is 10.0. The number of nitrogens with one attached hydrogen (secondary N) is 2. The third-order valence-corrected chi connectivity index (χ3v) is 4.73. The predicted molar refractivity (Wildman–Crippen MR) is 123 cm³/mol. The van der Waals surface area contributed by atoms with Gasteiger partial charge in [-0.1, -0.05) is 53.0 Å². The zero-order chi connectivity index (χ0) is 22.2. The SMILES string of the molecule is Cc1ccc(C(=O)N/N=C/c2cc(Cl)ccc2OCC(=O)Nc2ccccc2Cl)cc1. The van der Waals surface area contributed by atoms with E-state index < -0.39 is 0 Å². The van der Waals surface area contributed by atoms with Crippen LogP contribution in [-0.4, -0.2) is 24.6 Å². The molecule has 0 radical (unpaired) electrons. The van der Waals surface area contributed by atoms with Crippen LogP contribution >= 0.6 is 23.2 Å². The third-order valence-electron chi connectivity index (χ3n) is 4.16. The number of carbonyl (C=O) groups is 2. The van der Waals surface area contributed by atoms with Crippen LogP contribution < -0.4 is 15.5 Å². The van der Waals surface area contributed by atoms with Crippen molar-refractivity contribution in [3.8, 4) is 5.75 Å². The molecule has 0 aliphatic heterocycles. The van der Waals surface area contributed by atoms with E-state index in [9.17, 15) is 9.59 Å². The number of aryl methyl sites for hydroxylation is 1. The zero-order valence-electron chi connectivity index (χ0n) is 16.6. The van der Waals surface area contributed by atoms with E-state index >= 15 is 0 Å². The van der Waals surface area contributed by atoms with E-state index in [1.807, 2.05) is 19.1 Å². The standard InChI is InChI=1S/C23H19Cl2N3O3/c1-15-6-8-16(9-7-15)23(30)28-26-13-17-12-18(24)10-11-21(17)31-14-22(29)27-20-5-3-2-4-19(20)25/h2-13H,14H2,1H3,(H,27,29)(H,28,30)/b26-13+. The summed E-state index contributed by atoms with van der Waals surface area (Å²) in [4.78, 5) is 24.4. The average molecular weight is 456 g/mol. The van der Waals surface area contributed by atoms with Gasteiger partial charge >= 0.3 is 0 Å². The molecule has 0 bridgehead atoms. The second kappa shape index (κ2) is 10.6. The first-order chi connectivity index (χ1) is 14.9. The maximum absolute atomic E-state index is 12.2. The molecule has 3 aromatic carbocycles. The Labute approximate surface area is 189 Å². The Morgan fingerprint density at radius 3 is 2.52 bits per heavy atom. The lowest BCUT2D eigenvalue weighted by atomic mass is 10.1. The van der Waals surface area contributed by atoms with Gasteiger partial charge in [0.15, 0.2) is 6.61 Å². The number of halogens is 2. The van der Waals surface area contributed by atoms with Crippen molar-refractivity contribution in [2.45, 2.75) is 6.92 Å². The highest BCUT2D eigenvalue weighted by Crippen LogP contribution is 2.22. The van der Waals surface area contributed by atoms with Crippen molar-refractivity contribution >= 4 is 46.9 Å². The van der Waals surface area contributed by atoms with Gasteiger partial charge in [0, 0.05) is 16.1 Å². The summed E-state index contributed by atoms with van der Waals surface area (Å²) >= 11 is 12.1. The van der Waals surface area contributed by atoms with Crippen LogP contribution in [0.2, 0.25) is 10.0 Å². The van der Waals surface area contributed by atoms with Crippen molar-refractivity contribution in [3.05, 3.63) is 93.5 Å². The van der Waals surface area contributed by atoms with Crippen LogP contribution in [0, 0.1) is 6.92 Å². The number of rotatable bonds is 7. The molecule has 0 unspecified atom stereocenters. The van der Waals surface area contributed by atoms with Gasteiger partial charge in [-0.2, -0.15) is 5.10 Å². The summed E-state index contributed by atoms with van der Waals surface area (Å²) in [7, 11) is 0. The molecular weight excluding hydrogens is 437 g/mol. The van der Waals surface area contributed by atoms with Crippen molar-refractivity contribution in [1.29, 1.82) is 0 Å². The smallest absolute Gasteiger partial charge is 0.271 e. The molecule has 2 N–H and O–H groups in total. The van der Waals surface area contributed by atoms with Gasteiger partial charge in [0.2, 0.25) is 0 Å². The highest BCUT2D eigenvalue weighted by Gasteiger charge is 2.09. The Balaban J connectivity index is 1.62. The topological polar surface area (TPSA) is 79.8 Å². The number of nitrogens with zero attached hydrogens (tertiary/aromatic N) is 1. The molecule has 0 fully saturated rings. The first-order valence-electron chi connectivity index (χ1n) is 9.29. The third kappa shape index (κ3) is 6.57. The molecule has 158 valence electrons. The molecule has 0 heterocycles. The molecule has 6 nitrogen and oxygen atoms in total. The maximum atomic E-state index is 12.2. The molecule has 31 heavy (non-hydrogen) atoms. The number of hydrogen-bond acceptors (Lipinski definition) is 4. The number of hydrogen-bond donors (Lipinski definition) is 2. The van der Waals surface area contributed by atoms with Crippen molar-refractivity contribution in [2.75, 3.05) is 11.9 Å². The number of carbonyl (C=O) groups excluding carboxylic acids is 2. The number of ether oxygens (including phenoxy) is 1. The van der Waals surface area contributed by atoms with Gasteiger partial charge in [-0.3, -0.25) is 9.59 Å². The molecule has 2 amide bonds. The lowest BCUT2D eigenvalue weighted by Gasteiger charge is -2.11. The van der Waals surface area contributed by atoms with Gasteiger partial charge in [0.1, 0.15) is 5.75 Å². The minimum atomic E-state index is -0.376. The predicted octanol–water partition coefficient (Wildman–Crippen LogP) is 5.08. The highest BCUT2D eigenvalue weighted by molar-refractivity contribution is 6.33. The van der Waals surface area contributed by atoms with E-state index in [1.165, 1.54) is 6.21 Å². The molecule has 3 rings (SSSR count). The van der Waals surface area contributed by atoms with E-state index in [0.29, 0.717) is 32.6 Å². The summed E-state index contributed by atoms with van der Waals surface area (Å²) in [6, 6.07) is 18.9. The molecular formula is C23H19Cl2N3O3. The normalized spacial score (nSPS) is 10.7. The van der Waals surface area contributed by atoms with Gasteiger partial charge in [-0.25, -0.2) is 5.43 Å². The van der Waals surface area contributed by atoms with E-state index in [0.717, 1.165) is 5.56 Å². The molecule has 8 heteroatoms. The first kappa shape index (κ1) is 22.3. The Bertz CT molecular complexity index is 1120. The molecule has 0 saturated carbocycles. The minimum Gasteiger partial charge on any atom is -0.483 e. The van der Waals surface area contributed by atoms with Crippen LogP contribution in [0.3, 0.4) is 0 Å². The van der Waals surface area contributed by atoms with Crippen LogP contribution in [0.5, 0.6) is 5.75 Å². The molecule has 0 aromatic heterocycles. The minimum absolute atomic E-state index is 0.247. The summed E-state index contributed by atoms with van der Waals surface area (Å²) in [6.45, 7) is 1.69. The Hall–Kier alpha value is -3.35. The van der Waals surface area contributed by atoms with Crippen LogP contribution in [0.4, 0.5) is 5.69 Å². The Morgan fingerprint density at radius 1 is 1.03 bits per heavy atom. The van der Waals surface area contributed by atoms with E-state index in [2.05, 4.69) is 15.8 Å². The monoisotopic (exact) mass is 455 g/mol. The second-order valence-corrected chi connectivity index (χ2v) is 7.41. The van der Waals surface area contributed by atoms with Gasteiger partial charge < -0.3 is 10.1 Å². The summed E-state index contributed by atoms with van der Waals surface area (Å²) < 4.78 is 5.60. The fourth-order valence-electron chi connectivity index (χ4n) is 2.57. The number of benzene rings is 3. The lowest BCUT2D eigenvalue weighted by Crippen LogP contribution is -2.21. The largest absolute Gasteiger partial charge is 0.483 e. The van der Waals surface area contributed by atoms with E-state index in [1.54, 1.807) is 54.6 Å². The molecule has 3 aromatic rings. The van der Waals surface area contributed by atoms with Crippen LogP contribution in [0.15, 0.2) is 71.8 Å². The quantitative estimate of drug-likeness (QED) is 0.384. The number of para-hydroxylation sites is 1.